The first kappa shape index (κ1) is 16.3. The third-order valence-electron chi connectivity index (χ3n) is 7.25. The number of benzene rings is 1. The molecule has 4 nitrogen and oxygen atoms in total. The zero-order valence-corrected chi connectivity index (χ0v) is 15.4. The maximum atomic E-state index is 13.6. The van der Waals surface area contributed by atoms with Gasteiger partial charge >= 0.3 is 0 Å². The van der Waals surface area contributed by atoms with E-state index in [9.17, 15) is 9.18 Å². The minimum Gasteiger partial charge on any atom is -0.350 e. The second-order valence-electron chi connectivity index (χ2n) is 8.65. The maximum Gasteiger partial charge on any atom is 0.271 e. The number of hydrogen-bond acceptors (Lipinski definition) is 2. The molecule has 2 saturated heterocycles. The van der Waals surface area contributed by atoms with Crippen molar-refractivity contribution in [2.75, 3.05) is 6.54 Å². The second kappa shape index (κ2) is 5.56. The molecule has 3 heterocycles. The molecule has 5 rings (SSSR count). The van der Waals surface area contributed by atoms with Crippen LogP contribution < -0.4 is 5.32 Å². The molecule has 1 amide bonds. The Morgan fingerprint density at radius 2 is 2.12 bits per heavy atom. The van der Waals surface area contributed by atoms with Gasteiger partial charge in [-0.3, -0.25) is 4.79 Å². The highest BCUT2D eigenvalue weighted by molar-refractivity contribution is 6.01. The number of nitrogens with one attached hydrogen (secondary N) is 2. The first-order valence-electron chi connectivity index (χ1n) is 9.83. The van der Waals surface area contributed by atoms with Gasteiger partial charge < -0.3 is 15.2 Å². The molecule has 2 aromatic rings. The lowest BCUT2D eigenvalue weighted by molar-refractivity contribution is 0.0623. The Hall–Kier alpha value is -1.88. The summed E-state index contributed by atoms with van der Waals surface area (Å²) in [6, 6.07) is 5.75. The molecule has 3 fully saturated rings. The number of fused-ring (bicyclic) bond motifs is 2. The first-order chi connectivity index (χ1) is 12.5. The van der Waals surface area contributed by atoms with E-state index in [-0.39, 0.29) is 23.2 Å². The van der Waals surface area contributed by atoms with Gasteiger partial charge in [0.1, 0.15) is 11.5 Å². The zero-order chi connectivity index (χ0) is 18.1. The number of nitrogens with zero attached hydrogens (tertiary/aromatic N) is 1. The van der Waals surface area contributed by atoms with E-state index in [0.717, 1.165) is 35.9 Å². The van der Waals surface area contributed by atoms with Crippen LogP contribution >= 0.6 is 0 Å². The molecule has 4 atom stereocenters. The third kappa shape index (κ3) is 2.13. The van der Waals surface area contributed by atoms with Crippen molar-refractivity contribution in [2.24, 2.45) is 5.41 Å². The SMILES string of the molecule is Cc1c(C(=O)N2[C@@H]3CN[C@@H]4CCCC[C@H]2[C@]4(C)C3)[nH]c2ccc(F)cc12. The van der Waals surface area contributed by atoms with E-state index < -0.39 is 0 Å². The normalized spacial score (nSPS) is 33.5. The Labute approximate surface area is 153 Å². The van der Waals surface area contributed by atoms with Crippen LogP contribution in [0.25, 0.3) is 10.9 Å². The van der Waals surface area contributed by atoms with Gasteiger partial charge in [-0.1, -0.05) is 19.8 Å². The molecule has 1 aromatic heterocycles. The van der Waals surface area contributed by atoms with Crippen molar-refractivity contribution in [1.29, 1.82) is 0 Å². The fraction of sp³-hybridized carbons (Fsp3) is 0.571. The summed E-state index contributed by atoms with van der Waals surface area (Å²) in [6.45, 7) is 5.17. The van der Waals surface area contributed by atoms with E-state index in [4.69, 9.17) is 0 Å². The number of carbonyl (C=O) groups excluding carboxylic acids is 1. The standard InChI is InChI=1S/C21H26FN3O/c1-12-15-9-13(22)7-8-16(15)24-19(12)20(26)25-14-10-21(2)17(23-11-14)5-3-4-6-18(21)25/h7-9,14,17-18,23-24H,3-6,10-11H2,1-2H3/t14-,17+,18-,21+/m0/s1. The monoisotopic (exact) mass is 355 g/mol. The molecule has 26 heavy (non-hydrogen) atoms. The predicted octanol–water partition coefficient (Wildman–Crippen LogP) is 3.75. The average Bonchev–Trinajstić information content (AvgIpc) is 2.99. The highest BCUT2D eigenvalue weighted by Gasteiger charge is 2.57. The van der Waals surface area contributed by atoms with Crippen LogP contribution in [0, 0.1) is 18.2 Å². The van der Waals surface area contributed by atoms with Crippen LogP contribution in [0.3, 0.4) is 0 Å². The smallest absolute Gasteiger partial charge is 0.271 e. The van der Waals surface area contributed by atoms with Gasteiger partial charge in [0.25, 0.3) is 5.91 Å². The summed E-state index contributed by atoms with van der Waals surface area (Å²) in [6.07, 6.45) is 5.82. The summed E-state index contributed by atoms with van der Waals surface area (Å²) in [4.78, 5) is 19.0. The van der Waals surface area contributed by atoms with E-state index in [2.05, 4.69) is 22.1 Å². The van der Waals surface area contributed by atoms with Gasteiger partial charge in [0.05, 0.1) is 0 Å². The van der Waals surface area contributed by atoms with Crippen molar-refractivity contribution in [3.63, 3.8) is 0 Å². The number of halogens is 1. The molecule has 0 spiro atoms. The topological polar surface area (TPSA) is 48.1 Å². The van der Waals surface area contributed by atoms with Crippen LogP contribution in [0.2, 0.25) is 0 Å². The molecule has 1 aliphatic carbocycles. The number of amides is 1. The fourth-order valence-electron chi connectivity index (χ4n) is 5.91. The van der Waals surface area contributed by atoms with Crippen molar-refractivity contribution >= 4 is 16.8 Å². The fourth-order valence-corrected chi connectivity index (χ4v) is 5.91. The summed E-state index contributed by atoms with van der Waals surface area (Å²) in [7, 11) is 0. The number of likely N-dealkylation sites (tertiary alicyclic amines) is 1. The lowest BCUT2D eigenvalue weighted by Crippen LogP contribution is -2.51. The number of aromatic amines is 1. The van der Waals surface area contributed by atoms with Gasteiger partial charge in [-0.15, -0.1) is 0 Å². The number of rotatable bonds is 1. The van der Waals surface area contributed by atoms with Crippen LogP contribution in [0.5, 0.6) is 0 Å². The predicted molar refractivity (Wildman–Crippen MR) is 99.7 cm³/mol. The third-order valence-corrected chi connectivity index (χ3v) is 7.25. The second-order valence-corrected chi connectivity index (χ2v) is 8.65. The van der Waals surface area contributed by atoms with Crippen LogP contribution in [-0.2, 0) is 0 Å². The van der Waals surface area contributed by atoms with Crippen molar-refractivity contribution in [1.82, 2.24) is 15.2 Å². The molecular formula is C21H26FN3O. The summed E-state index contributed by atoms with van der Waals surface area (Å²) < 4.78 is 13.6. The number of aromatic nitrogens is 1. The number of H-pyrrole nitrogens is 1. The molecule has 1 saturated carbocycles. The minimum absolute atomic E-state index is 0.0854. The largest absolute Gasteiger partial charge is 0.350 e. The van der Waals surface area contributed by atoms with E-state index in [0.29, 0.717) is 17.8 Å². The molecule has 2 bridgehead atoms. The number of hydrogen-bond donors (Lipinski definition) is 2. The van der Waals surface area contributed by atoms with E-state index >= 15 is 0 Å². The van der Waals surface area contributed by atoms with Crippen molar-refractivity contribution < 1.29 is 9.18 Å². The van der Waals surface area contributed by atoms with Gasteiger partial charge in [0, 0.05) is 41.0 Å². The summed E-state index contributed by atoms with van der Waals surface area (Å²) >= 11 is 0. The molecule has 0 radical (unpaired) electrons. The molecule has 2 aliphatic heterocycles. The number of aryl methyl sites for hydroxylation is 1. The molecule has 5 heteroatoms. The van der Waals surface area contributed by atoms with Gasteiger partial charge in [-0.25, -0.2) is 4.39 Å². The molecule has 2 N–H and O–H groups in total. The molecule has 1 aromatic carbocycles. The van der Waals surface area contributed by atoms with Crippen LogP contribution in [-0.4, -0.2) is 40.5 Å². The lowest BCUT2D eigenvalue weighted by Gasteiger charge is -2.39. The lowest BCUT2D eigenvalue weighted by atomic mass is 9.72. The quantitative estimate of drug-likeness (QED) is 0.818. The minimum atomic E-state index is -0.265. The summed E-state index contributed by atoms with van der Waals surface area (Å²) in [5, 5.41) is 4.53. The Morgan fingerprint density at radius 3 is 2.96 bits per heavy atom. The molecular weight excluding hydrogens is 329 g/mol. The first-order valence-corrected chi connectivity index (χ1v) is 9.83. The van der Waals surface area contributed by atoms with Gasteiger partial charge in [0.15, 0.2) is 0 Å². The summed E-state index contributed by atoms with van der Waals surface area (Å²) in [5.41, 5.74) is 2.48. The molecule has 0 unspecified atom stereocenters. The van der Waals surface area contributed by atoms with Gasteiger partial charge in [0.2, 0.25) is 0 Å². The average molecular weight is 355 g/mol. The summed E-state index contributed by atoms with van der Waals surface area (Å²) in [5.74, 6) is -0.180. The van der Waals surface area contributed by atoms with Crippen molar-refractivity contribution in [3.8, 4) is 0 Å². The Bertz CT molecular complexity index is 891. The van der Waals surface area contributed by atoms with Crippen LogP contribution in [0.4, 0.5) is 4.39 Å². The number of piperidine rings is 1. The molecule has 3 aliphatic rings. The Kier molecular flexibility index (Phi) is 3.48. The van der Waals surface area contributed by atoms with Gasteiger partial charge in [-0.2, -0.15) is 0 Å². The van der Waals surface area contributed by atoms with E-state index in [1.54, 1.807) is 6.07 Å². The highest BCUT2D eigenvalue weighted by Crippen LogP contribution is 2.51. The maximum absolute atomic E-state index is 13.6. The Morgan fingerprint density at radius 1 is 1.31 bits per heavy atom. The highest BCUT2D eigenvalue weighted by atomic mass is 19.1. The Balaban J connectivity index is 1.57. The van der Waals surface area contributed by atoms with Crippen molar-refractivity contribution in [2.45, 2.75) is 64.1 Å². The van der Waals surface area contributed by atoms with E-state index in [1.807, 2.05) is 6.92 Å². The zero-order valence-electron chi connectivity index (χ0n) is 15.4. The van der Waals surface area contributed by atoms with Crippen LogP contribution in [0.1, 0.15) is 55.1 Å². The van der Waals surface area contributed by atoms with Gasteiger partial charge in [-0.05, 0) is 49.9 Å². The van der Waals surface area contributed by atoms with Crippen LogP contribution in [0.15, 0.2) is 18.2 Å². The number of carbonyl (C=O) groups is 1. The van der Waals surface area contributed by atoms with E-state index in [1.165, 1.54) is 31.4 Å². The molecule has 138 valence electrons. The van der Waals surface area contributed by atoms with Crippen molar-refractivity contribution in [3.05, 3.63) is 35.3 Å².